The summed E-state index contributed by atoms with van der Waals surface area (Å²) in [7, 11) is 0. The van der Waals surface area contributed by atoms with Gasteiger partial charge in [-0.05, 0) is 18.2 Å². The fraction of sp³-hybridized carbons (Fsp3) is 0.375. The van der Waals surface area contributed by atoms with Crippen LogP contribution in [0.4, 0.5) is 5.82 Å². The Bertz CT molecular complexity index is 636. The predicted molar refractivity (Wildman–Crippen MR) is 82.6 cm³/mol. The van der Waals surface area contributed by atoms with Crippen LogP contribution in [0.1, 0.15) is 6.42 Å². The first-order chi connectivity index (χ1) is 10.2. The molecule has 1 aromatic heterocycles. The van der Waals surface area contributed by atoms with Gasteiger partial charge in [0.1, 0.15) is 5.82 Å². The number of pyridine rings is 1. The fourth-order valence-corrected chi connectivity index (χ4v) is 2.69. The van der Waals surface area contributed by atoms with E-state index in [1.54, 1.807) is 0 Å². The van der Waals surface area contributed by atoms with Gasteiger partial charge in [-0.15, -0.1) is 0 Å². The van der Waals surface area contributed by atoms with Crippen LogP contribution in [-0.2, 0) is 4.79 Å². The number of aliphatic carboxylic acids is 1. The highest BCUT2D eigenvalue weighted by Gasteiger charge is 2.18. The first-order valence-electron chi connectivity index (χ1n) is 7.27. The fourth-order valence-electron chi connectivity index (χ4n) is 2.69. The lowest BCUT2D eigenvalue weighted by molar-refractivity contribution is -0.137. The normalized spacial score (nSPS) is 16.3. The Morgan fingerprint density at radius 1 is 1.10 bits per heavy atom. The Morgan fingerprint density at radius 3 is 2.62 bits per heavy atom. The van der Waals surface area contributed by atoms with Crippen molar-refractivity contribution in [3.05, 3.63) is 36.4 Å². The molecule has 0 atom stereocenters. The molecule has 1 saturated heterocycles. The quantitative estimate of drug-likeness (QED) is 0.929. The number of anilines is 1. The summed E-state index contributed by atoms with van der Waals surface area (Å²) in [4.78, 5) is 19.8. The third kappa shape index (κ3) is 3.31. The van der Waals surface area contributed by atoms with Crippen molar-refractivity contribution >= 4 is 22.7 Å². The summed E-state index contributed by atoms with van der Waals surface area (Å²) < 4.78 is 0. The lowest BCUT2D eigenvalue weighted by atomic mass is 10.2. The van der Waals surface area contributed by atoms with E-state index < -0.39 is 5.97 Å². The standard InChI is InChI=1S/C16H19N3O2/c20-16(21)7-8-18-9-11-19(12-10-18)15-6-5-13-3-1-2-4-14(13)17-15/h1-6H,7-12H2,(H,20,21). The van der Waals surface area contributed by atoms with Gasteiger partial charge >= 0.3 is 5.97 Å². The molecule has 0 bridgehead atoms. The molecule has 0 spiro atoms. The zero-order valence-electron chi connectivity index (χ0n) is 11.9. The summed E-state index contributed by atoms with van der Waals surface area (Å²) in [6.07, 6.45) is 0.216. The Kier molecular flexibility index (Phi) is 4.01. The SMILES string of the molecule is O=C(O)CCN1CCN(c2ccc3ccccc3n2)CC1. The molecule has 1 aromatic carbocycles. The molecule has 21 heavy (non-hydrogen) atoms. The number of carboxylic acids is 1. The van der Waals surface area contributed by atoms with Crippen LogP contribution in [0.25, 0.3) is 10.9 Å². The van der Waals surface area contributed by atoms with Gasteiger partial charge in [0, 0.05) is 38.1 Å². The number of para-hydroxylation sites is 1. The molecule has 1 fully saturated rings. The molecule has 0 unspecified atom stereocenters. The van der Waals surface area contributed by atoms with Gasteiger partial charge in [0.25, 0.3) is 0 Å². The second-order valence-electron chi connectivity index (χ2n) is 5.33. The van der Waals surface area contributed by atoms with Gasteiger partial charge in [-0.1, -0.05) is 18.2 Å². The van der Waals surface area contributed by atoms with Crippen molar-refractivity contribution < 1.29 is 9.90 Å². The monoisotopic (exact) mass is 285 g/mol. The summed E-state index contributed by atoms with van der Waals surface area (Å²) in [5, 5.41) is 9.88. The molecule has 0 amide bonds. The summed E-state index contributed by atoms with van der Waals surface area (Å²) in [5.41, 5.74) is 1.02. The van der Waals surface area contributed by atoms with Crippen molar-refractivity contribution in [2.45, 2.75) is 6.42 Å². The number of nitrogens with zero attached hydrogens (tertiary/aromatic N) is 3. The third-order valence-electron chi connectivity index (χ3n) is 3.92. The van der Waals surface area contributed by atoms with E-state index in [2.05, 4.69) is 28.0 Å². The van der Waals surface area contributed by atoms with E-state index in [0.717, 1.165) is 42.9 Å². The Labute approximate surface area is 123 Å². The van der Waals surface area contributed by atoms with E-state index in [1.807, 2.05) is 18.2 Å². The van der Waals surface area contributed by atoms with Gasteiger partial charge in [0.15, 0.2) is 0 Å². The maximum absolute atomic E-state index is 10.6. The van der Waals surface area contributed by atoms with Gasteiger partial charge in [-0.25, -0.2) is 4.98 Å². The maximum Gasteiger partial charge on any atom is 0.304 e. The zero-order valence-corrected chi connectivity index (χ0v) is 11.9. The third-order valence-corrected chi connectivity index (χ3v) is 3.92. The molecule has 5 heteroatoms. The number of benzene rings is 1. The van der Waals surface area contributed by atoms with Crippen LogP contribution in [-0.4, -0.2) is 53.7 Å². The van der Waals surface area contributed by atoms with Gasteiger partial charge in [0.05, 0.1) is 11.9 Å². The lowest BCUT2D eigenvalue weighted by Gasteiger charge is -2.35. The van der Waals surface area contributed by atoms with Crippen LogP contribution in [0.15, 0.2) is 36.4 Å². The van der Waals surface area contributed by atoms with Gasteiger partial charge in [-0.3, -0.25) is 9.69 Å². The number of fused-ring (bicyclic) bond motifs is 1. The van der Waals surface area contributed by atoms with Crippen LogP contribution in [0.5, 0.6) is 0 Å². The molecule has 1 N–H and O–H groups in total. The van der Waals surface area contributed by atoms with E-state index in [9.17, 15) is 4.79 Å². The summed E-state index contributed by atoms with van der Waals surface area (Å²) in [6.45, 7) is 4.20. The van der Waals surface area contributed by atoms with E-state index in [0.29, 0.717) is 6.54 Å². The lowest BCUT2D eigenvalue weighted by Crippen LogP contribution is -2.47. The average Bonchev–Trinajstić information content (AvgIpc) is 2.53. The first kappa shape index (κ1) is 13.8. The van der Waals surface area contributed by atoms with Crippen LogP contribution < -0.4 is 4.90 Å². The minimum Gasteiger partial charge on any atom is -0.481 e. The van der Waals surface area contributed by atoms with Crippen molar-refractivity contribution in [1.82, 2.24) is 9.88 Å². The maximum atomic E-state index is 10.6. The van der Waals surface area contributed by atoms with Crippen molar-refractivity contribution in [2.75, 3.05) is 37.6 Å². The summed E-state index contributed by atoms with van der Waals surface area (Å²) in [6, 6.07) is 12.3. The van der Waals surface area contributed by atoms with Crippen molar-refractivity contribution in [3.63, 3.8) is 0 Å². The Balaban J connectivity index is 1.64. The summed E-state index contributed by atoms with van der Waals surface area (Å²) >= 11 is 0. The van der Waals surface area contributed by atoms with E-state index in [4.69, 9.17) is 10.1 Å². The molecule has 2 aromatic rings. The van der Waals surface area contributed by atoms with Crippen LogP contribution >= 0.6 is 0 Å². The highest BCUT2D eigenvalue weighted by molar-refractivity contribution is 5.80. The van der Waals surface area contributed by atoms with Crippen LogP contribution in [0.2, 0.25) is 0 Å². The number of hydrogen-bond donors (Lipinski definition) is 1. The predicted octanol–water partition coefficient (Wildman–Crippen LogP) is 1.83. The number of hydrogen-bond acceptors (Lipinski definition) is 4. The van der Waals surface area contributed by atoms with E-state index in [1.165, 1.54) is 0 Å². The highest BCUT2D eigenvalue weighted by atomic mass is 16.4. The Morgan fingerprint density at radius 2 is 1.86 bits per heavy atom. The molecule has 110 valence electrons. The Hall–Kier alpha value is -2.14. The van der Waals surface area contributed by atoms with Gasteiger partial charge < -0.3 is 10.0 Å². The molecular weight excluding hydrogens is 266 g/mol. The number of aromatic nitrogens is 1. The molecular formula is C16H19N3O2. The van der Waals surface area contributed by atoms with Crippen LogP contribution in [0.3, 0.4) is 0 Å². The van der Waals surface area contributed by atoms with Crippen LogP contribution in [0, 0.1) is 0 Å². The number of carbonyl (C=O) groups is 1. The molecule has 1 aliphatic heterocycles. The van der Waals surface area contributed by atoms with E-state index in [-0.39, 0.29) is 6.42 Å². The first-order valence-corrected chi connectivity index (χ1v) is 7.27. The second-order valence-corrected chi connectivity index (χ2v) is 5.33. The minimum absolute atomic E-state index is 0.216. The molecule has 2 heterocycles. The van der Waals surface area contributed by atoms with E-state index >= 15 is 0 Å². The topological polar surface area (TPSA) is 56.7 Å². The van der Waals surface area contributed by atoms with Gasteiger partial charge in [-0.2, -0.15) is 0 Å². The van der Waals surface area contributed by atoms with Crippen molar-refractivity contribution in [2.24, 2.45) is 0 Å². The molecule has 0 saturated carbocycles. The minimum atomic E-state index is -0.728. The highest BCUT2D eigenvalue weighted by Crippen LogP contribution is 2.19. The summed E-state index contributed by atoms with van der Waals surface area (Å²) in [5.74, 6) is 0.278. The molecule has 0 radical (unpaired) electrons. The second kappa shape index (κ2) is 6.10. The smallest absolute Gasteiger partial charge is 0.304 e. The molecule has 5 nitrogen and oxygen atoms in total. The average molecular weight is 285 g/mol. The number of carboxylic acid groups (broad SMARTS) is 1. The molecule has 0 aliphatic carbocycles. The largest absolute Gasteiger partial charge is 0.481 e. The molecule has 1 aliphatic rings. The number of piperazine rings is 1. The van der Waals surface area contributed by atoms with Crippen molar-refractivity contribution in [3.8, 4) is 0 Å². The number of rotatable bonds is 4. The zero-order chi connectivity index (χ0) is 14.7. The van der Waals surface area contributed by atoms with Gasteiger partial charge in [0.2, 0.25) is 0 Å². The molecule has 3 rings (SSSR count). The van der Waals surface area contributed by atoms with Crippen molar-refractivity contribution in [1.29, 1.82) is 0 Å².